The summed E-state index contributed by atoms with van der Waals surface area (Å²) >= 11 is 0. The van der Waals surface area contributed by atoms with Crippen LogP contribution in [0.2, 0.25) is 0 Å². The molecule has 0 bridgehead atoms. The van der Waals surface area contributed by atoms with Gasteiger partial charge in [0.1, 0.15) is 0 Å². The largest absolute Gasteiger partial charge is 0.394 e. The molecule has 1 fully saturated rings. The highest BCUT2D eigenvalue weighted by molar-refractivity contribution is 6.08. The lowest BCUT2D eigenvalue weighted by atomic mass is 9.99. The van der Waals surface area contributed by atoms with Gasteiger partial charge in [0.05, 0.1) is 36.1 Å². The molecular formula is C22H26N4O2. The van der Waals surface area contributed by atoms with Crippen molar-refractivity contribution in [1.29, 1.82) is 0 Å². The number of nitrogens with zero attached hydrogens (tertiary/aromatic N) is 4. The van der Waals surface area contributed by atoms with Crippen molar-refractivity contribution in [2.24, 2.45) is 0 Å². The molecule has 3 heterocycles. The third-order valence-corrected chi connectivity index (χ3v) is 5.81. The molecular weight excluding hydrogens is 352 g/mol. The van der Waals surface area contributed by atoms with E-state index in [4.69, 9.17) is 10.1 Å². The van der Waals surface area contributed by atoms with E-state index in [2.05, 4.69) is 31.9 Å². The molecule has 0 spiro atoms. The van der Waals surface area contributed by atoms with Crippen LogP contribution < -0.4 is 0 Å². The van der Waals surface area contributed by atoms with Gasteiger partial charge in [0, 0.05) is 29.7 Å². The van der Waals surface area contributed by atoms with Gasteiger partial charge in [-0.15, -0.1) is 0 Å². The van der Waals surface area contributed by atoms with Gasteiger partial charge in [-0.25, -0.2) is 4.98 Å². The molecule has 4 rings (SSSR count). The Bertz CT molecular complexity index is 1040. The Morgan fingerprint density at radius 2 is 2.14 bits per heavy atom. The van der Waals surface area contributed by atoms with Crippen molar-refractivity contribution < 1.29 is 9.90 Å². The number of likely N-dealkylation sites (tertiary alicyclic amines) is 1. The zero-order chi connectivity index (χ0) is 19.8. The molecule has 1 aliphatic heterocycles. The van der Waals surface area contributed by atoms with Gasteiger partial charge in [-0.3, -0.25) is 9.48 Å². The molecule has 0 aliphatic carbocycles. The van der Waals surface area contributed by atoms with Crippen LogP contribution in [0.15, 0.2) is 30.6 Å². The highest BCUT2D eigenvalue weighted by atomic mass is 16.3. The van der Waals surface area contributed by atoms with E-state index in [-0.39, 0.29) is 18.6 Å². The Kier molecular flexibility index (Phi) is 4.89. The second-order valence-corrected chi connectivity index (χ2v) is 7.66. The maximum Gasteiger partial charge on any atom is 0.254 e. The molecule has 2 aromatic heterocycles. The standard InChI is InChI=1S/C22H26N4O2/c1-14-6-7-18-19(22(28)26-8-4-5-15(26)2)11-20(24-21(18)16(14)3)17-12-23-25(13-17)9-10-27/h6-7,11-13,15,27H,4-5,8-10H2,1-3H3/t15-/m0/s1. The van der Waals surface area contributed by atoms with Crippen LogP contribution in [0.5, 0.6) is 0 Å². The monoisotopic (exact) mass is 378 g/mol. The van der Waals surface area contributed by atoms with E-state index < -0.39 is 0 Å². The Morgan fingerprint density at radius 3 is 2.86 bits per heavy atom. The van der Waals surface area contributed by atoms with Crippen molar-refractivity contribution in [2.45, 2.75) is 46.2 Å². The quantitative estimate of drug-likeness (QED) is 0.756. The van der Waals surface area contributed by atoms with Crippen LogP contribution in [-0.4, -0.2) is 49.9 Å². The third kappa shape index (κ3) is 3.18. The number of pyridine rings is 1. The van der Waals surface area contributed by atoms with Gasteiger partial charge in [-0.1, -0.05) is 12.1 Å². The number of aryl methyl sites for hydroxylation is 2. The molecule has 1 aliphatic rings. The maximum atomic E-state index is 13.4. The van der Waals surface area contributed by atoms with Crippen LogP contribution in [0.25, 0.3) is 22.2 Å². The lowest BCUT2D eigenvalue weighted by Crippen LogP contribution is -2.33. The zero-order valence-corrected chi connectivity index (χ0v) is 16.6. The molecule has 6 heteroatoms. The number of aromatic nitrogens is 3. The minimum atomic E-state index is 0.0289. The topological polar surface area (TPSA) is 71.2 Å². The lowest BCUT2D eigenvalue weighted by molar-refractivity contribution is 0.0749. The minimum absolute atomic E-state index is 0.0289. The molecule has 6 nitrogen and oxygen atoms in total. The molecule has 1 N–H and O–H groups in total. The number of aliphatic hydroxyl groups excluding tert-OH is 1. The molecule has 3 aromatic rings. The summed E-state index contributed by atoms with van der Waals surface area (Å²) in [6.07, 6.45) is 5.70. The van der Waals surface area contributed by atoms with Crippen LogP contribution in [0.1, 0.15) is 41.3 Å². The van der Waals surface area contributed by atoms with E-state index in [0.717, 1.165) is 52.7 Å². The van der Waals surface area contributed by atoms with Crippen molar-refractivity contribution in [3.05, 3.63) is 47.3 Å². The van der Waals surface area contributed by atoms with Crippen LogP contribution in [0, 0.1) is 13.8 Å². The predicted octanol–water partition coefficient (Wildman–Crippen LogP) is 3.33. The van der Waals surface area contributed by atoms with Gasteiger partial charge in [-0.05, 0) is 50.8 Å². The summed E-state index contributed by atoms with van der Waals surface area (Å²) in [7, 11) is 0. The minimum Gasteiger partial charge on any atom is -0.394 e. The number of hydrogen-bond donors (Lipinski definition) is 1. The van der Waals surface area contributed by atoms with E-state index >= 15 is 0 Å². The van der Waals surface area contributed by atoms with Gasteiger partial charge in [-0.2, -0.15) is 5.10 Å². The molecule has 1 amide bonds. The Labute approximate surface area is 164 Å². The molecule has 0 saturated carbocycles. The molecule has 1 atom stereocenters. The number of fused-ring (bicyclic) bond motifs is 1. The normalized spacial score (nSPS) is 16.9. The number of benzene rings is 1. The first-order chi connectivity index (χ1) is 13.5. The summed E-state index contributed by atoms with van der Waals surface area (Å²) in [6, 6.07) is 6.23. The van der Waals surface area contributed by atoms with Gasteiger partial charge < -0.3 is 10.0 Å². The first-order valence-electron chi connectivity index (χ1n) is 9.85. The van der Waals surface area contributed by atoms with Crippen molar-refractivity contribution >= 4 is 16.8 Å². The number of carbonyl (C=O) groups is 1. The molecule has 1 saturated heterocycles. The van der Waals surface area contributed by atoms with Crippen LogP contribution in [-0.2, 0) is 6.54 Å². The number of carbonyl (C=O) groups excluding carboxylic acids is 1. The van der Waals surface area contributed by atoms with Crippen molar-refractivity contribution in [3.63, 3.8) is 0 Å². The Morgan fingerprint density at radius 1 is 1.32 bits per heavy atom. The second kappa shape index (κ2) is 7.36. The molecule has 0 radical (unpaired) electrons. The number of aliphatic hydroxyl groups is 1. The summed E-state index contributed by atoms with van der Waals surface area (Å²) in [5.74, 6) is 0.0738. The maximum absolute atomic E-state index is 13.4. The van der Waals surface area contributed by atoms with E-state index in [9.17, 15) is 4.79 Å². The van der Waals surface area contributed by atoms with Crippen molar-refractivity contribution in [3.8, 4) is 11.3 Å². The summed E-state index contributed by atoms with van der Waals surface area (Å²) < 4.78 is 1.69. The van der Waals surface area contributed by atoms with E-state index in [1.165, 1.54) is 0 Å². The first-order valence-corrected chi connectivity index (χ1v) is 9.85. The first kappa shape index (κ1) is 18.6. The van der Waals surface area contributed by atoms with Crippen molar-refractivity contribution in [2.75, 3.05) is 13.2 Å². The highest BCUT2D eigenvalue weighted by Crippen LogP contribution is 2.30. The summed E-state index contributed by atoms with van der Waals surface area (Å²) in [5.41, 5.74) is 5.39. The fraction of sp³-hybridized carbons (Fsp3) is 0.409. The zero-order valence-electron chi connectivity index (χ0n) is 16.6. The Hall–Kier alpha value is -2.73. The van der Waals surface area contributed by atoms with E-state index in [0.29, 0.717) is 12.1 Å². The molecule has 146 valence electrons. The second-order valence-electron chi connectivity index (χ2n) is 7.66. The number of rotatable bonds is 4. The van der Waals surface area contributed by atoms with Gasteiger partial charge in [0.2, 0.25) is 0 Å². The third-order valence-electron chi connectivity index (χ3n) is 5.81. The van der Waals surface area contributed by atoms with Crippen molar-refractivity contribution in [1.82, 2.24) is 19.7 Å². The fourth-order valence-electron chi connectivity index (χ4n) is 3.96. The summed E-state index contributed by atoms with van der Waals surface area (Å²) in [5, 5.41) is 14.3. The van der Waals surface area contributed by atoms with Gasteiger partial charge in [0.15, 0.2) is 0 Å². The summed E-state index contributed by atoms with van der Waals surface area (Å²) in [6.45, 7) is 7.49. The lowest BCUT2D eigenvalue weighted by Gasteiger charge is -2.23. The fourth-order valence-corrected chi connectivity index (χ4v) is 3.96. The number of hydrogen-bond acceptors (Lipinski definition) is 4. The van der Waals surface area contributed by atoms with E-state index in [1.54, 1.807) is 10.9 Å². The van der Waals surface area contributed by atoms with Crippen LogP contribution in [0.3, 0.4) is 0 Å². The molecule has 28 heavy (non-hydrogen) atoms. The summed E-state index contributed by atoms with van der Waals surface area (Å²) in [4.78, 5) is 20.3. The SMILES string of the molecule is Cc1ccc2c(C(=O)N3CCC[C@@H]3C)cc(-c3cnn(CCO)c3)nc2c1C. The van der Waals surface area contributed by atoms with Crippen LogP contribution >= 0.6 is 0 Å². The molecule has 0 unspecified atom stereocenters. The average Bonchev–Trinajstić information content (AvgIpc) is 3.33. The predicted molar refractivity (Wildman–Crippen MR) is 109 cm³/mol. The smallest absolute Gasteiger partial charge is 0.254 e. The van der Waals surface area contributed by atoms with Gasteiger partial charge >= 0.3 is 0 Å². The molecule has 1 aromatic carbocycles. The van der Waals surface area contributed by atoms with E-state index in [1.807, 2.05) is 23.2 Å². The Balaban J connectivity index is 1.89. The van der Waals surface area contributed by atoms with Crippen LogP contribution in [0.4, 0.5) is 0 Å². The number of amides is 1. The highest BCUT2D eigenvalue weighted by Gasteiger charge is 2.28. The van der Waals surface area contributed by atoms with Gasteiger partial charge in [0.25, 0.3) is 5.91 Å². The average molecular weight is 378 g/mol.